The molecule has 1 aromatic carbocycles. The van der Waals surface area contributed by atoms with Gasteiger partial charge in [0.05, 0.1) is 34.9 Å². The van der Waals surface area contributed by atoms with Crippen molar-refractivity contribution < 1.29 is 26.4 Å². The van der Waals surface area contributed by atoms with E-state index in [4.69, 9.17) is 5.26 Å². The summed E-state index contributed by atoms with van der Waals surface area (Å²) < 4.78 is 64.1. The summed E-state index contributed by atoms with van der Waals surface area (Å²) in [6.45, 7) is 0. The molecule has 138 valence electrons. The number of fused-ring (bicyclic) bond motifs is 1. The summed E-state index contributed by atoms with van der Waals surface area (Å²) in [5.41, 5.74) is -1.19. The van der Waals surface area contributed by atoms with Crippen LogP contribution in [0.2, 0.25) is 0 Å². The molecule has 26 heavy (non-hydrogen) atoms. The first-order valence-electron chi connectivity index (χ1n) is 7.43. The monoisotopic (exact) mass is 403 g/mol. The predicted molar refractivity (Wildman–Crippen MR) is 90.4 cm³/mol. The molecule has 0 bridgehead atoms. The van der Waals surface area contributed by atoms with Crippen LogP contribution in [0.25, 0.3) is 0 Å². The number of hydrogen-bond donors (Lipinski definition) is 0. The molecule has 2 fully saturated rings. The van der Waals surface area contributed by atoms with E-state index in [0.717, 1.165) is 17.8 Å². The fourth-order valence-electron chi connectivity index (χ4n) is 2.98. The van der Waals surface area contributed by atoms with Gasteiger partial charge in [-0.1, -0.05) is 23.9 Å². The maximum atomic E-state index is 13.4. The fourth-order valence-corrected chi connectivity index (χ4v) is 6.91. The van der Waals surface area contributed by atoms with Gasteiger partial charge in [0.15, 0.2) is 15.0 Å². The Bertz CT molecular complexity index is 922. The number of nitrogens with zero attached hydrogens (tertiary/aromatic N) is 3. The van der Waals surface area contributed by atoms with Crippen molar-refractivity contribution >= 4 is 38.4 Å². The molecule has 0 spiro atoms. The van der Waals surface area contributed by atoms with Gasteiger partial charge >= 0.3 is 6.18 Å². The lowest BCUT2D eigenvalue weighted by Crippen LogP contribution is -2.39. The molecule has 6 nitrogen and oxygen atoms in total. The van der Waals surface area contributed by atoms with Crippen LogP contribution in [0.1, 0.15) is 12.0 Å². The molecule has 2 atom stereocenters. The lowest BCUT2D eigenvalue weighted by atomic mass is 10.1. The van der Waals surface area contributed by atoms with Crippen LogP contribution < -0.4 is 4.90 Å². The van der Waals surface area contributed by atoms with Crippen molar-refractivity contribution in [2.45, 2.75) is 23.9 Å². The molecule has 2 aliphatic rings. The van der Waals surface area contributed by atoms with Crippen LogP contribution in [0.3, 0.4) is 0 Å². The summed E-state index contributed by atoms with van der Waals surface area (Å²) in [4.78, 5) is 16.7. The standard InChI is InChI=1S/C15H12F3N3O3S2/c16-15(17,18)9-3-1-2-4-10(9)21-11-7-26(23,24)8-12(11)25-14(21)20-13(22)5-6-19/h1-4,11-12H,5,7-8H2/t11-,12+/m0/s1. The zero-order valence-electron chi connectivity index (χ0n) is 13.1. The third kappa shape index (κ3) is 3.57. The van der Waals surface area contributed by atoms with Gasteiger partial charge in [0, 0.05) is 5.25 Å². The van der Waals surface area contributed by atoms with Crippen molar-refractivity contribution in [2.75, 3.05) is 16.4 Å². The first-order valence-corrected chi connectivity index (χ1v) is 10.1. The number of halogens is 3. The summed E-state index contributed by atoms with van der Waals surface area (Å²) >= 11 is 0.959. The molecule has 0 N–H and O–H groups in total. The van der Waals surface area contributed by atoms with Crippen LogP contribution in [0, 0.1) is 11.3 Å². The molecule has 0 unspecified atom stereocenters. The summed E-state index contributed by atoms with van der Waals surface area (Å²) in [5.74, 6) is -1.30. The average Bonchev–Trinajstić information content (AvgIpc) is 2.97. The number of rotatable bonds is 2. The van der Waals surface area contributed by atoms with Gasteiger partial charge in [0.25, 0.3) is 5.91 Å². The Morgan fingerprint density at radius 1 is 1.35 bits per heavy atom. The molecule has 1 amide bonds. The Hall–Kier alpha value is -2.06. The number of sulfone groups is 1. The van der Waals surface area contributed by atoms with E-state index in [-0.39, 0.29) is 22.4 Å². The van der Waals surface area contributed by atoms with E-state index < -0.39 is 45.2 Å². The molecule has 1 aromatic rings. The van der Waals surface area contributed by atoms with E-state index in [2.05, 4.69) is 4.99 Å². The largest absolute Gasteiger partial charge is 0.418 e. The van der Waals surface area contributed by atoms with Gasteiger partial charge in [0.1, 0.15) is 6.42 Å². The molecule has 2 heterocycles. The van der Waals surface area contributed by atoms with Crippen molar-refractivity contribution in [1.82, 2.24) is 0 Å². The zero-order chi connectivity index (χ0) is 19.1. The molecule has 0 saturated carbocycles. The maximum absolute atomic E-state index is 13.4. The highest BCUT2D eigenvalue weighted by Gasteiger charge is 2.51. The number of anilines is 1. The summed E-state index contributed by atoms with van der Waals surface area (Å²) in [5, 5.41) is 8.06. The summed E-state index contributed by atoms with van der Waals surface area (Å²) in [6, 6.07) is 5.64. The Morgan fingerprint density at radius 2 is 2.04 bits per heavy atom. The third-order valence-electron chi connectivity index (χ3n) is 3.99. The minimum Gasteiger partial charge on any atom is -0.315 e. The number of benzene rings is 1. The van der Waals surface area contributed by atoms with Crippen molar-refractivity contribution in [3.63, 3.8) is 0 Å². The van der Waals surface area contributed by atoms with Crippen molar-refractivity contribution in [2.24, 2.45) is 4.99 Å². The van der Waals surface area contributed by atoms with Crippen LogP contribution in [0.4, 0.5) is 18.9 Å². The van der Waals surface area contributed by atoms with Crippen LogP contribution in [0.15, 0.2) is 29.3 Å². The highest BCUT2D eigenvalue weighted by atomic mass is 32.2. The normalized spacial score (nSPS) is 25.9. The van der Waals surface area contributed by atoms with Crippen molar-refractivity contribution in [3.8, 4) is 6.07 Å². The number of amides is 1. The zero-order valence-corrected chi connectivity index (χ0v) is 14.7. The Morgan fingerprint density at radius 3 is 2.69 bits per heavy atom. The first-order chi connectivity index (χ1) is 12.1. The smallest absolute Gasteiger partial charge is 0.315 e. The maximum Gasteiger partial charge on any atom is 0.418 e. The number of aliphatic imine (C=N–C) groups is 1. The molecule has 2 aliphatic heterocycles. The van der Waals surface area contributed by atoms with E-state index in [1.807, 2.05) is 0 Å². The minimum atomic E-state index is -4.65. The number of nitriles is 1. The molecule has 3 rings (SSSR count). The van der Waals surface area contributed by atoms with E-state index in [0.29, 0.717) is 0 Å². The van der Waals surface area contributed by atoms with Crippen LogP contribution in [-0.2, 0) is 20.8 Å². The second-order valence-electron chi connectivity index (χ2n) is 5.81. The molecule has 0 aromatic heterocycles. The Labute approximate surface area is 151 Å². The van der Waals surface area contributed by atoms with E-state index >= 15 is 0 Å². The molecule has 11 heteroatoms. The average molecular weight is 403 g/mol. The van der Waals surface area contributed by atoms with Gasteiger partial charge in [-0.15, -0.1) is 0 Å². The van der Waals surface area contributed by atoms with Gasteiger partial charge < -0.3 is 4.90 Å². The van der Waals surface area contributed by atoms with E-state index in [1.54, 1.807) is 6.07 Å². The van der Waals surface area contributed by atoms with Gasteiger partial charge in [-0.2, -0.15) is 23.4 Å². The van der Waals surface area contributed by atoms with Crippen LogP contribution >= 0.6 is 11.8 Å². The van der Waals surface area contributed by atoms with Gasteiger partial charge in [-0.25, -0.2) is 8.42 Å². The molecular formula is C15H12F3N3O3S2. The van der Waals surface area contributed by atoms with E-state index in [9.17, 15) is 26.4 Å². The number of para-hydroxylation sites is 1. The predicted octanol–water partition coefficient (Wildman–Crippen LogP) is 2.22. The summed E-state index contributed by atoms with van der Waals surface area (Å²) in [6.07, 6.45) is -5.16. The van der Waals surface area contributed by atoms with Gasteiger partial charge in [0.2, 0.25) is 0 Å². The minimum absolute atomic E-state index is 0.00755. The SMILES string of the molecule is N#CCC(=O)N=C1S[C@@H]2CS(=O)(=O)C[C@@H]2N1c1ccccc1C(F)(F)F. The van der Waals surface area contributed by atoms with Crippen LogP contribution in [-0.4, -0.2) is 42.3 Å². The highest BCUT2D eigenvalue weighted by molar-refractivity contribution is 8.16. The Balaban J connectivity index is 2.11. The van der Waals surface area contributed by atoms with Crippen molar-refractivity contribution in [3.05, 3.63) is 29.8 Å². The first kappa shape index (κ1) is 18.7. The molecule has 2 saturated heterocycles. The van der Waals surface area contributed by atoms with E-state index in [1.165, 1.54) is 23.1 Å². The molecular weight excluding hydrogens is 391 g/mol. The second-order valence-corrected chi connectivity index (χ2v) is 9.17. The number of alkyl halides is 3. The van der Waals surface area contributed by atoms with Crippen LogP contribution in [0.5, 0.6) is 0 Å². The quantitative estimate of drug-likeness (QED) is 0.752. The number of thioether (sulfide) groups is 1. The summed E-state index contributed by atoms with van der Waals surface area (Å²) in [7, 11) is -3.39. The number of carbonyl (C=O) groups is 1. The highest BCUT2D eigenvalue weighted by Crippen LogP contribution is 2.45. The molecule has 0 aliphatic carbocycles. The lowest BCUT2D eigenvalue weighted by molar-refractivity contribution is -0.137. The fraction of sp³-hybridized carbons (Fsp3) is 0.400. The second kappa shape index (κ2) is 6.59. The Kier molecular flexibility index (Phi) is 4.74. The van der Waals surface area contributed by atoms with Gasteiger partial charge in [-0.05, 0) is 12.1 Å². The van der Waals surface area contributed by atoms with Gasteiger partial charge in [-0.3, -0.25) is 4.79 Å². The lowest BCUT2D eigenvalue weighted by Gasteiger charge is -2.27. The number of amidine groups is 1. The third-order valence-corrected chi connectivity index (χ3v) is 7.20. The topological polar surface area (TPSA) is 90.6 Å². The molecule has 0 radical (unpaired) electrons. The number of hydrogen-bond acceptors (Lipinski definition) is 5. The number of carbonyl (C=O) groups excluding carboxylic acids is 1. The van der Waals surface area contributed by atoms with Crippen molar-refractivity contribution in [1.29, 1.82) is 5.26 Å².